The molecule has 3 rings (SSSR count). The average molecular weight is 359 g/mol. The Hall–Kier alpha value is -1.82. The van der Waals surface area contributed by atoms with Crippen LogP contribution in [-0.2, 0) is 4.79 Å². The summed E-state index contributed by atoms with van der Waals surface area (Å²) in [5, 5.41) is 9.25. The Morgan fingerprint density at radius 3 is 2.60 bits per heavy atom. The smallest absolute Gasteiger partial charge is 0.233 e. The molecule has 6 heteroatoms. The summed E-state index contributed by atoms with van der Waals surface area (Å²) >= 11 is 1.47. The molecule has 1 saturated heterocycles. The van der Waals surface area contributed by atoms with Crippen LogP contribution in [0.2, 0.25) is 0 Å². The maximum atomic E-state index is 12.6. The molecule has 1 aliphatic heterocycles. The molecular weight excluding hydrogens is 332 g/mol. The van der Waals surface area contributed by atoms with Crippen LogP contribution in [0.3, 0.4) is 0 Å². The van der Waals surface area contributed by atoms with Gasteiger partial charge in [0.2, 0.25) is 5.91 Å². The van der Waals surface area contributed by atoms with Crippen molar-refractivity contribution in [1.82, 2.24) is 19.7 Å². The van der Waals surface area contributed by atoms with E-state index in [0.717, 1.165) is 29.8 Å². The second kappa shape index (κ2) is 7.60. The predicted octanol–water partition coefficient (Wildman–Crippen LogP) is 3.48. The highest BCUT2D eigenvalue weighted by Gasteiger charge is 2.25. The number of benzene rings is 1. The summed E-state index contributed by atoms with van der Waals surface area (Å²) < 4.78 is 2.02. The molecular formula is C19H26N4OS. The summed E-state index contributed by atoms with van der Waals surface area (Å²) in [4.78, 5) is 14.6. The standard InChI is InChI=1S/C19H26N4OS/c1-13-6-5-7-17(9-13)23-16(4)20-21-19(23)25-12-18(24)22-10-14(2)8-15(3)11-22/h5-7,9,14-15H,8,10-12H2,1-4H3/t14-,15-/m1/s1. The van der Waals surface area contributed by atoms with Gasteiger partial charge in [-0.1, -0.05) is 37.7 Å². The van der Waals surface area contributed by atoms with Crippen LogP contribution in [-0.4, -0.2) is 44.4 Å². The summed E-state index contributed by atoms with van der Waals surface area (Å²) in [6.45, 7) is 10.2. The second-order valence-corrected chi connectivity index (χ2v) is 8.18. The van der Waals surface area contributed by atoms with E-state index >= 15 is 0 Å². The lowest BCUT2D eigenvalue weighted by molar-refractivity contribution is -0.130. The Bertz CT molecular complexity index is 748. The molecule has 1 aromatic heterocycles. The number of hydrogen-bond acceptors (Lipinski definition) is 4. The average Bonchev–Trinajstić information content (AvgIpc) is 2.92. The largest absolute Gasteiger partial charge is 0.341 e. The van der Waals surface area contributed by atoms with Gasteiger partial charge in [0.05, 0.1) is 5.75 Å². The maximum Gasteiger partial charge on any atom is 0.233 e. The van der Waals surface area contributed by atoms with E-state index in [9.17, 15) is 4.79 Å². The van der Waals surface area contributed by atoms with Gasteiger partial charge in [-0.15, -0.1) is 10.2 Å². The number of aryl methyl sites for hydroxylation is 2. The van der Waals surface area contributed by atoms with Gasteiger partial charge in [0.1, 0.15) is 5.82 Å². The molecule has 2 heterocycles. The molecule has 2 aromatic rings. The fraction of sp³-hybridized carbons (Fsp3) is 0.526. The number of likely N-dealkylation sites (tertiary alicyclic amines) is 1. The van der Waals surface area contributed by atoms with Crippen LogP contribution in [0.4, 0.5) is 0 Å². The van der Waals surface area contributed by atoms with Gasteiger partial charge in [-0.3, -0.25) is 9.36 Å². The van der Waals surface area contributed by atoms with Gasteiger partial charge in [0.25, 0.3) is 0 Å². The number of carbonyl (C=O) groups excluding carboxylic acids is 1. The van der Waals surface area contributed by atoms with E-state index < -0.39 is 0 Å². The topological polar surface area (TPSA) is 51.0 Å². The van der Waals surface area contributed by atoms with E-state index in [-0.39, 0.29) is 5.91 Å². The molecule has 1 fully saturated rings. The molecule has 2 atom stereocenters. The van der Waals surface area contributed by atoms with Crippen molar-refractivity contribution in [3.63, 3.8) is 0 Å². The van der Waals surface area contributed by atoms with Crippen molar-refractivity contribution >= 4 is 17.7 Å². The summed E-state index contributed by atoms with van der Waals surface area (Å²) in [7, 11) is 0. The van der Waals surface area contributed by atoms with E-state index in [1.807, 2.05) is 28.5 Å². The predicted molar refractivity (Wildman–Crippen MR) is 101 cm³/mol. The highest BCUT2D eigenvalue weighted by Crippen LogP contribution is 2.25. The van der Waals surface area contributed by atoms with Crippen molar-refractivity contribution in [2.24, 2.45) is 11.8 Å². The molecule has 0 aliphatic carbocycles. The van der Waals surface area contributed by atoms with Gasteiger partial charge in [-0.2, -0.15) is 0 Å². The summed E-state index contributed by atoms with van der Waals surface area (Å²) in [5.74, 6) is 2.59. The Morgan fingerprint density at radius 1 is 1.20 bits per heavy atom. The molecule has 134 valence electrons. The van der Waals surface area contributed by atoms with E-state index in [1.165, 1.54) is 23.7 Å². The van der Waals surface area contributed by atoms with Gasteiger partial charge >= 0.3 is 0 Å². The highest BCUT2D eigenvalue weighted by molar-refractivity contribution is 7.99. The molecule has 0 N–H and O–H groups in total. The number of hydrogen-bond donors (Lipinski definition) is 0. The molecule has 0 saturated carbocycles. The Balaban J connectivity index is 1.71. The van der Waals surface area contributed by atoms with Gasteiger partial charge in [-0.05, 0) is 49.8 Å². The van der Waals surface area contributed by atoms with Crippen LogP contribution in [0.1, 0.15) is 31.7 Å². The molecule has 5 nitrogen and oxygen atoms in total. The van der Waals surface area contributed by atoms with Crippen LogP contribution in [0.5, 0.6) is 0 Å². The first-order valence-corrected chi connectivity index (χ1v) is 9.82. The first-order chi connectivity index (χ1) is 11.9. The third kappa shape index (κ3) is 4.24. The fourth-order valence-corrected chi connectivity index (χ4v) is 4.49. The van der Waals surface area contributed by atoms with Gasteiger partial charge in [-0.25, -0.2) is 0 Å². The number of piperidine rings is 1. The zero-order chi connectivity index (χ0) is 18.0. The molecule has 0 radical (unpaired) electrons. The Morgan fingerprint density at radius 2 is 1.92 bits per heavy atom. The normalized spacial score (nSPS) is 20.7. The van der Waals surface area contributed by atoms with E-state index in [4.69, 9.17) is 0 Å². The lowest BCUT2D eigenvalue weighted by Crippen LogP contribution is -2.43. The highest BCUT2D eigenvalue weighted by atomic mass is 32.2. The number of rotatable bonds is 4. The molecule has 1 aromatic carbocycles. The minimum Gasteiger partial charge on any atom is -0.341 e. The Labute approximate surface area is 153 Å². The van der Waals surface area contributed by atoms with Gasteiger partial charge in [0, 0.05) is 18.8 Å². The van der Waals surface area contributed by atoms with E-state index in [2.05, 4.69) is 43.1 Å². The first kappa shape index (κ1) is 18.0. The third-order valence-corrected chi connectivity index (χ3v) is 5.52. The van der Waals surface area contributed by atoms with Crippen molar-refractivity contribution in [2.45, 2.75) is 39.3 Å². The number of amides is 1. The first-order valence-electron chi connectivity index (χ1n) is 8.83. The third-order valence-electron chi connectivity index (χ3n) is 4.60. The summed E-state index contributed by atoms with van der Waals surface area (Å²) in [5.41, 5.74) is 2.23. The monoisotopic (exact) mass is 358 g/mol. The van der Waals surface area contributed by atoms with Crippen LogP contribution < -0.4 is 0 Å². The number of nitrogens with zero attached hydrogens (tertiary/aromatic N) is 4. The van der Waals surface area contributed by atoms with Crippen LogP contribution >= 0.6 is 11.8 Å². The van der Waals surface area contributed by atoms with Crippen molar-refractivity contribution in [3.05, 3.63) is 35.7 Å². The lowest BCUT2D eigenvalue weighted by atomic mass is 9.92. The number of thioether (sulfide) groups is 1. The zero-order valence-electron chi connectivity index (χ0n) is 15.4. The van der Waals surface area contributed by atoms with Crippen LogP contribution in [0, 0.1) is 25.7 Å². The van der Waals surface area contributed by atoms with Crippen LogP contribution in [0.15, 0.2) is 29.4 Å². The zero-order valence-corrected chi connectivity index (χ0v) is 16.2. The van der Waals surface area contributed by atoms with Gasteiger partial charge < -0.3 is 4.90 Å². The Kier molecular flexibility index (Phi) is 5.47. The summed E-state index contributed by atoms with van der Waals surface area (Å²) in [6, 6.07) is 8.25. The van der Waals surface area contributed by atoms with Crippen molar-refractivity contribution in [3.8, 4) is 5.69 Å². The fourth-order valence-electron chi connectivity index (χ4n) is 3.58. The number of aromatic nitrogens is 3. The van der Waals surface area contributed by atoms with Crippen LogP contribution in [0.25, 0.3) is 5.69 Å². The SMILES string of the molecule is Cc1cccc(-n2c(C)nnc2SCC(=O)N2C[C@H](C)C[C@@H](C)C2)c1. The minimum atomic E-state index is 0.194. The second-order valence-electron chi connectivity index (χ2n) is 7.24. The maximum absolute atomic E-state index is 12.6. The van der Waals surface area contributed by atoms with Gasteiger partial charge in [0.15, 0.2) is 5.16 Å². The molecule has 0 unspecified atom stereocenters. The van der Waals surface area contributed by atoms with Crippen molar-refractivity contribution in [1.29, 1.82) is 0 Å². The minimum absolute atomic E-state index is 0.194. The molecule has 1 aliphatic rings. The molecule has 0 spiro atoms. The quantitative estimate of drug-likeness (QED) is 0.785. The molecule has 25 heavy (non-hydrogen) atoms. The lowest BCUT2D eigenvalue weighted by Gasteiger charge is -2.34. The summed E-state index contributed by atoms with van der Waals surface area (Å²) in [6.07, 6.45) is 1.21. The van der Waals surface area contributed by atoms with Crippen molar-refractivity contribution < 1.29 is 4.79 Å². The molecule has 1 amide bonds. The van der Waals surface area contributed by atoms with E-state index in [0.29, 0.717) is 17.6 Å². The number of carbonyl (C=O) groups is 1. The van der Waals surface area contributed by atoms with E-state index in [1.54, 1.807) is 0 Å². The van der Waals surface area contributed by atoms with Crippen molar-refractivity contribution in [2.75, 3.05) is 18.8 Å². The molecule has 0 bridgehead atoms.